The van der Waals surface area contributed by atoms with Gasteiger partial charge in [-0.1, -0.05) is 6.92 Å². The molecule has 2 N–H and O–H groups in total. The van der Waals surface area contributed by atoms with Gasteiger partial charge in [-0.05, 0) is 47.3 Å². The monoisotopic (exact) mass is 279 g/mol. The summed E-state index contributed by atoms with van der Waals surface area (Å²) in [6.45, 7) is 9.21. The summed E-state index contributed by atoms with van der Waals surface area (Å²) in [5.74, 6) is 2.85. The molecule has 0 saturated carbocycles. The molecular weight excluding hydrogens is 250 g/mol. The molecule has 0 radical (unpaired) electrons. The van der Waals surface area contributed by atoms with Gasteiger partial charge in [0, 0.05) is 25.1 Å². The quantitative estimate of drug-likeness (QED) is 0.680. The van der Waals surface area contributed by atoms with Crippen molar-refractivity contribution in [3.05, 3.63) is 11.4 Å². The summed E-state index contributed by atoms with van der Waals surface area (Å²) in [5, 5.41) is 6.77. The van der Waals surface area contributed by atoms with E-state index < -0.39 is 0 Å². The molecule has 0 spiro atoms. The van der Waals surface area contributed by atoms with Crippen molar-refractivity contribution >= 4 is 11.6 Å². The Labute approximate surface area is 123 Å². The van der Waals surface area contributed by atoms with E-state index in [9.17, 15) is 0 Å². The average Bonchev–Trinajstić information content (AvgIpc) is 2.39. The number of hydrogen-bond donors (Lipinski definition) is 2. The maximum atomic E-state index is 4.65. The molecule has 0 aliphatic rings. The van der Waals surface area contributed by atoms with Crippen LogP contribution in [0.25, 0.3) is 0 Å². The summed E-state index contributed by atoms with van der Waals surface area (Å²) in [4.78, 5) is 11.4. The molecule has 0 fully saturated rings. The number of aromatic nitrogens is 2. The summed E-state index contributed by atoms with van der Waals surface area (Å²) in [7, 11) is 4.19. The van der Waals surface area contributed by atoms with E-state index in [0.717, 1.165) is 61.9 Å². The predicted octanol–water partition coefficient (Wildman–Crippen LogP) is 2.53. The molecule has 5 heteroatoms. The van der Waals surface area contributed by atoms with Crippen LogP contribution < -0.4 is 10.6 Å². The van der Waals surface area contributed by atoms with Crippen molar-refractivity contribution < 1.29 is 0 Å². The van der Waals surface area contributed by atoms with Gasteiger partial charge in [-0.15, -0.1) is 0 Å². The summed E-state index contributed by atoms with van der Waals surface area (Å²) < 4.78 is 0. The molecule has 0 atom stereocenters. The molecule has 0 amide bonds. The lowest BCUT2D eigenvalue weighted by molar-refractivity contribution is 0.405. The van der Waals surface area contributed by atoms with Gasteiger partial charge >= 0.3 is 0 Å². The van der Waals surface area contributed by atoms with Gasteiger partial charge in [0.2, 0.25) is 0 Å². The fourth-order valence-electron chi connectivity index (χ4n) is 2.01. The molecule has 0 unspecified atom stereocenters. The Morgan fingerprint density at radius 3 is 2.25 bits per heavy atom. The summed E-state index contributed by atoms with van der Waals surface area (Å²) in [5.41, 5.74) is 1.11. The van der Waals surface area contributed by atoms with E-state index in [0.29, 0.717) is 0 Å². The van der Waals surface area contributed by atoms with Crippen LogP contribution in [0.5, 0.6) is 0 Å². The Morgan fingerprint density at radius 2 is 1.70 bits per heavy atom. The third kappa shape index (κ3) is 5.33. The number of rotatable bonds is 9. The number of hydrogen-bond acceptors (Lipinski definition) is 5. The zero-order chi connectivity index (χ0) is 15.0. The lowest BCUT2D eigenvalue weighted by Gasteiger charge is -2.15. The van der Waals surface area contributed by atoms with E-state index in [1.807, 2.05) is 0 Å². The second kappa shape index (κ2) is 8.74. The van der Waals surface area contributed by atoms with Crippen LogP contribution in [0.3, 0.4) is 0 Å². The predicted molar refractivity (Wildman–Crippen MR) is 86.6 cm³/mol. The van der Waals surface area contributed by atoms with E-state index in [-0.39, 0.29) is 0 Å². The maximum Gasteiger partial charge on any atom is 0.134 e. The van der Waals surface area contributed by atoms with E-state index in [1.165, 1.54) is 0 Å². The van der Waals surface area contributed by atoms with Gasteiger partial charge in [0.1, 0.15) is 17.5 Å². The average molecular weight is 279 g/mol. The van der Waals surface area contributed by atoms with Crippen molar-refractivity contribution in [1.82, 2.24) is 14.9 Å². The molecule has 1 aromatic heterocycles. The van der Waals surface area contributed by atoms with Crippen LogP contribution >= 0.6 is 0 Å². The van der Waals surface area contributed by atoms with Crippen molar-refractivity contribution in [2.75, 3.05) is 44.4 Å². The van der Waals surface area contributed by atoms with Crippen molar-refractivity contribution in [2.24, 2.45) is 0 Å². The summed E-state index contributed by atoms with van der Waals surface area (Å²) >= 11 is 0. The Morgan fingerprint density at radius 1 is 1.05 bits per heavy atom. The van der Waals surface area contributed by atoms with Crippen molar-refractivity contribution in [2.45, 2.75) is 40.0 Å². The molecule has 0 bridgehead atoms. The van der Waals surface area contributed by atoms with Gasteiger partial charge < -0.3 is 15.5 Å². The van der Waals surface area contributed by atoms with Crippen LogP contribution in [0.2, 0.25) is 0 Å². The van der Waals surface area contributed by atoms with Gasteiger partial charge in [-0.2, -0.15) is 0 Å². The topological polar surface area (TPSA) is 53.1 Å². The highest BCUT2D eigenvalue weighted by molar-refractivity contribution is 5.57. The zero-order valence-electron chi connectivity index (χ0n) is 13.6. The van der Waals surface area contributed by atoms with E-state index in [1.54, 1.807) is 0 Å². The molecule has 5 nitrogen and oxygen atoms in total. The van der Waals surface area contributed by atoms with E-state index in [2.05, 4.69) is 60.4 Å². The van der Waals surface area contributed by atoms with Crippen molar-refractivity contribution in [3.8, 4) is 0 Å². The Bertz CT molecular complexity index is 403. The Balaban J connectivity index is 2.76. The second-order valence-electron chi connectivity index (χ2n) is 5.33. The van der Waals surface area contributed by atoms with Crippen LogP contribution in [0, 0.1) is 6.92 Å². The third-order valence-electron chi connectivity index (χ3n) is 3.08. The van der Waals surface area contributed by atoms with Crippen molar-refractivity contribution in [1.29, 1.82) is 0 Å². The molecule has 0 aliphatic heterocycles. The largest absolute Gasteiger partial charge is 0.370 e. The molecule has 1 rings (SSSR count). The minimum absolute atomic E-state index is 0.878. The van der Waals surface area contributed by atoms with Gasteiger partial charge in [-0.25, -0.2) is 9.97 Å². The summed E-state index contributed by atoms with van der Waals surface area (Å²) in [6.07, 6.45) is 3.09. The van der Waals surface area contributed by atoms with Crippen LogP contribution in [-0.2, 0) is 6.42 Å². The highest BCUT2D eigenvalue weighted by Crippen LogP contribution is 2.20. The van der Waals surface area contributed by atoms with Gasteiger partial charge in [-0.3, -0.25) is 0 Å². The van der Waals surface area contributed by atoms with E-state index >= 15 is 0 Å². The van der Waals surface area contributed by atoms with Gasteiger partial charge in [0.25, 0.3) is 0 Å². The van der Waals surface area contributed by atoms with Crippen LogP contribution in [0.15, 0.2) is 0 Å². The molecule has 1 aromatic rings. The maximum absolute atomic E-state index is 4.65. The standard InChI is InChI=1S/C15H29N5/c1-6-9-13-18-14(16-7-2)12(3)15(19-13)17-10-8-11-20(4)5/h6-11H2,1-5H3,(H2,16,17,18,19). The van der Waals surface area contributed by atoms with Crippen LogP contribution in [-0.4, -0.2) is 48.6 Å². The lowest BCUT2D eigenvalue weighted by Crippen LogP contribution is -2.17. The number of nitrogens with zero attached hydrogens (tertiary/aromatic N) is 3. The van der Waals surface area contributed by atoms with Crippen molar-refractivity contribution in [3.63, 3.8) is 0 Å². The smallest absolute Gasteiger partial charge is 0.134 e. The fraction of sp³-hybridized carbons (Fsp3) is 0.733. The Hall–Kier alpha value is -1.36. The molecule has 114 valence electrons. The first-order valence-electron chi connectivity index (χ1n) is 7.58. The number of anilines is 2. The highest BCUT2D eigenvalue weighted by Gasteiger charge is 2.09. The van der Waals surface area contributed by atoms with Crippen LogP contribution in [0.1, 0.15) is 38.1 Å². The van der Waals surface area contributed by atoms with E-state index in [4.69, 9.17) is 0 Å². The fourth-order valence-corrected chi connectivity index (χ4v) is 2.01. The first-order valence-corrected chi connectivity index (χ1v) is 7.58. The number of aryl methyl sites for hydroxylation is 1. The molecule has 0 saturated heterocycles. The van der Waals surface area contributed by atoms with Gasteiger partial charge in [0.15, 0.2) is 0 Å². The molecular formula is C15H29N5. The minimum Gasteiger partial charge on any atom is -0.370 e. The normalized spacial score (nSPS) is 10.9. The lowest BCUT2D eigenvalue weighted by atomic mass is 10.2. The molecule has 1 heterocycles. The van der Waals surface area contributed by atoms with Crippen LogP contribution in [0.4, 0.5) is 11.6 Å². The third-order valence-corrected chi connectivity index (χ3v) is 3.08. The first kappa shape index (κ1) is 16.7. The first-order chi connectivity index (χ1) is 9.58. The minimum atomic E-state index is 0.878. The van der Waals surface area contributed by atoms with Gasteiger partial charge in [0.05, 0.1) is 0 Å². The second-order valence-corrected chi connectivity index (χ2v) is 5.33. The summed E-state index contributed by atoms with van der Waals surface area (Å²) in [6, 6.07) is 0. The molecule has 20 heavy (non-hydrogen) atoms. The SMILES string of the molecule is CCCc1nc(NCC)c(C)c(NCCCN(C)C)n1. The zero-order valence-corrected chi connectivity index (χ0v) is 13.6. The molecule has 0 aromatic carbocycles. The molecule has 0 aliphatic carbocycles. The Kier molecular flexibility index (Phi) is 7.30. The highest BCUT2D eigenvalue weighted by atomic mass is 15.1. The number of nitrogens with one attached hydrogen (secondary N) is 2.